The second-order valence-corrected chi connectivity index (χ2v) is 7.68. The molecule has 0 radical (unpaired) electrons. The molecule has 0 N–H and O–H groups in total. The van der Waals surface area contributed by atoms with E-state index in [-0.39, 0.29) is 6.10 Å². The molecule has 3 nitrogen and oxygen atoms in total. The molecule has 0 heterocycles. The van der Waals surface area contributed by atoms with Gasteiger partial charge in [-0.05, 0) is 19.3 Å². The van der Waals surface area contributed by atoms with Crippen molar-refractivity contribution in [1.29, 1.82) is 0 Å². The van der Waals surface area contributed by atoms with Crippen LogP contribution in [0.5, 0.6) is 0 Å². The van der Waals surface area contributed by atoms with E-state index in [1.165, 1.54) is 77.0 Å². The van der Waals surface area contributed by atoms with E-state index in [1.807, 2.05) is 0 Å². The third kappa shape index (κ3) is 11.7. The summed E-state index contributed by atoms with van der Waals surface area (Å²) in [5.74, 6) is 0. The Hall–Kier alpha value is 0.150. The fourth-order valence-electron chi connectivity index (χ4n) is 3.10. The molecule has 1 fully saturated rings. The van der Waals surface area contributed by atoms with E-state index in [0.29, 0.717) is 6.61 Å². The number of hydrogen-bond donors (Lipinski definition) is 0. The van der Waals surface area contributed by atoms with Crippen molar-refractivity contribution in [2.24, 2.45) is 0 Å². The maximum absolute atomic E-state index is 11.7. The Morgan fingerprint density at radius 1 is 0.818 bits per heavy atom. The maximum Gasteiger partial charge on any atom is 0.319 e. The summed E-state index contributed by atoms with van der Waals surface area (Å²) in [7, 11) is -2.25. The zero-order chi connectivity index (χ0) is 15.9. The molecule has 1 saturated carbocycles. The van der Waals surface area contributed by atoms with E-state index >= 15 is 0 Å². The summed E-state index contributed by atoms with van der Waals surface area (Å²) in [6.45, 7) is 2.86. The van der Waals surface area contributed by atoms with Crippen molar-refractivity contribution in [2.45, 2.75) is 109 Å². The van der Waals surface area contributed by atoms with Gasteiger partial charge in [-0.2, -0.15) is 0 Å². The quantitative estimate of drug-likeness (QED) is 0.263. The van der Waals surface area contributed by atoms with Crippen molar-refractivity contribution in [3.8, 4) is 0 Å². The number of rotatable bonds is 14. The van der Waals surface area contributed by atoms with E-state index in [4.69, 9.17) is 9.05 Å². The Morgan fingerprint density at radius 3 is 1.95 bits per heavy atom. The molecular weight excluding hydrogens is 295 g/mol. The first-order chi connectivity index (χ1) is 10.8. The van der Waals surface area contributed by atoms with Gasteiger partial charge in [-0.3, -0.25) is 4.57 Å². The summed E-state index contributed by atoms with van der Waals surface area (Å²) in [5.41, 5.74) is 0. The summed E-state index contributed by atoms with van der Waals surface area (Å²) in [5, 5.41) is 0. The van der Waals surface area contributed by atoms with Gasteiger partial charge in [-0.15, -0.1) is 0 Å². The highest BCUT2D eigenvalue weighted by atomic mass is 31.1. The lowest BCUT2D eigenvalue weighted by molar-refractivity contribution is 0.129. The minimum Gasteiger partial charge on any atom is -0.311 e. The summed E-state index contributed by atoms with van der Waals surface area (Å²) >= 11 is 0. The van der Waals surface area contributed by atoms with Gasteiger partial charge in [0.1, 0.15) is 0 Å². The van der Waals surface area contributed by atoms with E-state index in [0.717, 1.165) is 19.3 Å². The highest BCUT2D eigenvalue weighted by Gasteiger charge is 2.16. The van der Waals surface area contributed by atoms with Crippen molar-refractivity contribution < 1.29 is 13.6 Å². The van der Waals surface area contributed by atoms with E-state index in [2.05, 4.69) is 6.92 Å². The Labute approximate surface area is 138 Å². The topological polar surface area (TPSA) is 35.5 Å². The van der Waals surface area contributed by atoms with E-state index in [9.17, 15) is 4.57 Å². The Bertz CT molecular complexity index is 265. The Morgan fingerprint density at radius 2 is 1.36 bits per heavy atom. The lowest BCUT2D eigenvalue weighted by Crippen LogP contribution is -2.13. The van der Waals surface area contributed by atoms with Gasteiger partial charge in [0.2, 0.25) is 0 Å². The van der Waals surface area contributed by atoms with Crippen LogP contribution in [0.4, 0.5) is 0 Å². The van der Waals surface area contributed by atoms with Crippen molar-refractivity contribution in [1.82, 2.24) is 0 Å². The first kappa shape index (κ1) is 20.2. The zero-order valence-electron chi connectivity index (χ0n) is 14.6. The van der Waals surface area contributed by atoms with Crippen LogP contribution >= 0.6 is 8.25 Å². The van der Waals surface area contributed by atoms with Crippen LogP contribution in [0.25, 0.3) is 0 Å². The smallest absolute Gasteiger partial charge is 0.311 e. The van der Waals surface area contributed by atoms with Crippen LogP contribution in [-0.2, 0) is 13.6 Å². The molecule has 0 aromatic carbocycles. The van der Waals surface area contributed by atoms with Crippen LogP contribution in [0.15, 0.2) is 0 Å². The normalized spacial score (nSPS) is 17.7. The maximum atomic E-state index is 11.7. The highest BCUT2D eigenvalue weighted by molar-refractivity contribution is 7.33. The molecule has 0 spiro atoms. The van der Waals surface area contributed by atoms with Gasteiger partial charge in [0.15, 0.2) is 0 Å². The number of unbranched alkanes of at least 4 members (excludes halogenated alkanes) is 9. The van der Waals surface area contributed by atoms with Gasteiger partial charge in [-0.25, -0.2) is 0 Å². The zero-order valence-corrected chi connectivity index (χ0v) is 15.6. The van der Waals surface area contributed by atoms with Crippen LogP contribution in [0, 0.1) is 0 Å². The first-order valence-corrected chi connectivity index (χ1v) is 10.9. The number of hydrogen-bond acceptors (Lipinski definition) is 3. The molecule has 0 aromatic heterocycles. The summed E-state index contributed by atoms with van der Waals surface area (Å²) in [6, 6.07) is 0. The summed E-state index contributed by atoms with van der Waals surface area (Å²) in [6.07, 6.45) is 19.1. The molecule has 1 aliphatic carbocycles. The van der Waals surface area contributed by atoms with Crippen molar-refractivity contribution in [3.63, 3.8) is 0 Å². The molecule has 0 amide bonds. The lowest BCUT2D eigenvalue weighted by atomic mass is 9.98. The summed E-state index contributed by atoms with van der Waals surface area (Å²) in [4.78, 5) is 0. The second kappa shape index (κ2) is 14.7. The molecule has 1 rings (SSSR count). The molecule has 0 saturated heterocycles. The van der Waals surface area contributed by atoms with E-state index in [1.54, 1.807) is 0 Å². The minimum absolute atomic E-state index is 0.188. The standard InChI is InChI=1S/C18H37O3P/c1-2-3-4-5-6-7-8-9-10-14-17-20-22(19)21-18-15-12-11-13-16-18/h18,22H,2-17H2,1H3. The molecule has 0 bridgehead atoms. The predicted octanol–water partition coefficient (Wildman–Crippen LogP) is 6.66. The lowest BCUT2D eigenvalue weighted by Gasteiger charge is -2.21. The molecule has 1 unspecified atom stereocenters. The van der Waals surface area contributed by atoms with Gasteiger partial charge >= 0.3 is 8.25 Å². The molecule has 22 heavy (non-hydrogen) atoms. The Kier molecular flexibility index (Phi) is 13.5. The van der Waals surface area contributed by atoms with Gasteiger partial charge in [-0.1, -0.05) is 84.0 Å². The fourth-order valence-corrected chi connectivity index (χ4v) is 3.99. The third-order valence-corrected chi connectivity index (χ3v) is 5.50. The Balaban J connectivity index is 1.79. The van der Waals surface area contributed by atoms with Crippen molar-refractivity contribution >= 4 is 8.25 Å². The van der Waals surface area contributed by atoms with Gasteiger partial charge in [0, 0.05) is 0 Å². The van der Waals surface area contributed by atoms with Gasteiger partial charge < -0.3 is 9.05 Å². The van der Waals surface area contributed by atoms with Crippen LogP contribution < -0.4 is 0 Å². The molecule has 1 aliphatic rings. The molecule has 0 aromatic rings. The highest BCUT2D eigenvalue weighted by Crippen LogP contribution is 2.32. The first-order valence-electron chi connectivity index (χ1n) is 9.66. The molecule has 1 atom stereocenters. The van der Waals surface area contributed by atoms with Crippen molar-refractivity contribution in [3.05, 3.63) is 0 Å². The van der Waals surface area contributed by atoms with Crippen LogP contribution in [0.3, 0.4) is 0 Å². The monoisotopic (exact) mass is 332 g/mol. The summed E-state index contributed by atoms with van der Waals surface area (Å²) < 4.78 is 22.6. The van der Waals surface area contributed by atoms with E-state index < -0.39 is 8.25 Å². The minimum atomic E-state index is -2.25. The van der Waals surface area contributed by atoms with Crippen LogP contribution in [-0.4, -0.2) is 12.7 Å². The molecule has 132 valence electrons. The van der Waals surface area contributed by atoms with Crippen LogP contribution in [0.2, 0.25) is 0 Å². The fraction of sp³-hybridized carbons (Fsp3) is 1.00. The SMILES string of the molecule is CCCCCCCCCCCCO[PH](=O)OC1CCCCC1. The average Bonchev–Trinajstić information content (AvgIpc) is 2.53. The molecule has 0 aliphatic heterocycles. The van der Waals surface area contributed by atoms with Crippen molar-refractivity contribution in [2.75, 3.05) is 6.61 Å². The average molecular weight is 332 g/mol. The van der Waals surface area contributed by atoms with Gasteiger partial charge in [0.05, 0.1) is 12.7 Å². The second-order valence-electron chi connectivity index (χ2n) is 6.66. The third-order valence-electron chi connectivity index (χ3n) is 4.53. The van der Waals surface area contributed by atoms with Gasteiger partial charge in [0.25, 0.3) is 0 Å². The molecular formula is C18H37O3P. The molecule has 4 heteroatoms. The largest absolute Gasteiger partial charge is 0.319 e. The van der Waals surface area contributed by atoms with Crippen LogP contribution in [0.1, 0.15) is 103 Å². The predicted molar refractivity (Wildman–Crippen MR) is 94.8 cm³/mol.